The first-order valence-electron chi connectivity index (χ1n) is 21.7. The van der Waals surface area contributed by atoms with Gasteiger partial charge in [0.2, 0.25) is 17.8 Å². The number of anilines is 1. The molecule has 1 aromatic carbocycles. The highest BCUT2D eigenvalue weighted by Crippen LogP contribution is 2.31. The van der Waals surface area contributed by atoms with Gasteiger partial charge in [0.15, 0.2) is 0 Å². The normalized spacial score (nSPS) is 15.9. The number of hydrogen-bond donors (Lipinski definition) is 3. The molecule has 2 aromatic rings. The number of halogens is 1. The Balaban J connectivity index is 1.36. The first kappa shape index (κ1) is 50.6. The van der Waals surface area contributed by atoms with Gasteiger partial charge in [0.25, 0.3) is 0 Å². The molecule has 0 aliphatic carbocycles. The summed E-state index contributed by atoms with van der Waals surface area (Å²) >= 11 is 0. The van der Waals surface area contributed by atoms with E-state index in [2.05, 4.69) is 95.1 Å². The number of likely N-dealkylation sites (tertiary alicyclic amines) is 1. The Morgan fingerprint density at radius 2 is 1.43 bits per heavy atom. The van der Waals surface area contributed by atoms with Gasteiger partial charge in [-0.1, -0.05) is 106 Å². The van der Waals surface area contributed by atoms with Crippen molar-refractivity contribution < 1.29 is 28.4 Å². The first-order chi connectivity index (χ1) is 29.4. The maximum absolute atomic E-state index is 13.8. The molecule has 0 saturated carbocycles. The maximum Gasteiger partial charge on any atom is 0.237 e. The SMILES string of the molecule is CC/C=C\C/C=C\C/C=C\C/C=C\C/C=C\C/C=C\CCC(=O)N1CCC(NC(=O)CC(O)CC(O)/C=C/c2c(-c3ccc(F)cc3)nc(N(C)S(C)=O)nc2C(C)C)CC1. The largest absolute Gasteiger partial charge is 0.392 e. The third-order valence-corrected chi connectivity index (χ3v) is 11.0. The maximum atomic E-state index is 13.8. The number of aliphatic hydroxyl groups excluding tert-OH is 2. The van der Waals surface area contributed by atoms with E-state index in [4.69, 9.17) is 0 Å². The molecular formula is C49H68FN5O5S. The van der Waals surface area contributed by atoms with Crippen molar-refractivity contribution in [1.82, 2.24) is 20.2 Å². The zero-order valence-electron chi connectivity index (χ0n) is 36.8. The number of aliphatic hydroxyl groups is 2. The molecule has 1 aliphatic rings. The fourth-order valence-electron chi connectivity index (χ4n) is 6.59. The molecule has 332 valence electrons. The van der Waals surface area contributed by atoms with Gasteiger partial charge in [-0.2, -0.15) is 0 Å². The highest BCUT2D eigenvalue weighted by Gasteiger charge is 2.25. The molecule has 3 atom stereocenters. The molecule has 0 spiro atoms. The van der Waals surface area contributed by atoms with Crippen molar-refractivity contribution in [3.63, 3.8) is 0 Å². The molecule has 0 bridgehead atoms. The molecule has 3 rings (SSSR count). The van der Waals surface area contributed by atoms with Crippen LogP contribution >= 0.6 is 0 Å². The van der Waals surface area contributed by atoms with Crippen molar-refractivity contribution in [1.29, 1.82) is 0 Å². The molecule has 10 nitrogen and oxygen atoms in total. The number of piperidine rings is 1. The molecule has 1 fully saturated rings. The fourth-order valence-corrected chi connectivity index (χ4v) is 6.90. The number of aromatic nitrogens is 2. The van der Waals surface area contributed by atoms with Crippen LogP contribution < -0.4 is 9.62 Å². The second-order valence-electron chi connectivity index (χ2n) is 15.5. The van der Waals surface area contributed by atoms with Crippen LogP contribution in [0.1, 0.15) is 115 Å². The lowest BCUT2D eigenvalue weighted by Crippen LogP contribution is -2.47. The average molecular weight is 858 g/mol. The van der Waals surface area contributed by atoms with E-state index in [0.29, 0.717) is 61.3 Å². The fraction of sp³-hybridized carbons (Fsp3) is 0.469. The van der Waals surface area contributed by atoms with Crippen LogP contribution in [0.2, 0.25) is 0 Å². The summed E-state index contributed by atoms with van der Waals surface area (Å²) in [5.41, 5.74) is 2.34. The summed E-state index contributed by atoms with van der Waals surface area (Å²) in [7, 11) is 0.241. The zero-order chi connectivity index (χ0) is 44.4. The Morgan fingerprint density at radius 1 is 0.885 bits per heavy atom. The Labute approximate surface area is 366 Å². The molecule has 1 saturated heterocycles. The number of allylic oxidation sites excluding steroid dienone is 12. The molecule has 3 N–H and O–H groups in total. The van der Waals surface area contributed by atoms with Crippen LogP contribution in [0, 0.1) is 5.82 Å². The van der Waals surface area contributed by atoms with Crippen LogP contribution in [0.4, 0.5) is 10.3 Å². The van der Waals surface area contributed by atoms with Crippen LogP contribution in [0.3, 0.4) is 0 Å². The highest BCUT2D eigenvalue weighted by atomic mass is 32.2. The Morgan fingerprint density at radius 3 is 1.95 bits per heavy atom. The van der Waals surface area contributed by atoms with Gasteiger partial charge in [-0.3, -0.25) is 13.9 Å². The van der Waals surface area contributed by atoms with E-state index < -0.39 is 29.0 Å². The van der Waals surface area contributed by atoms with Crippen LogP contribution in [0.25, 0.3) is 17.3 Å². The van der Waals surface area contributed by atoms with E-state index in [-0.39, 0.29) is 42.6 Å². The van der Waals surface area contributed by atoms with E-state index in [1.54, 1.807) is 25.3 Å². The van der Waals surface area contributed by atoms with Crippen LogP contribution in [0.15, 0.2) is 103 Å². The molecule has 2 heterocycles. The number of nitrogens with one attached hydrogen (secondary N) is 1. The zero-order valence-corrected chi connectivity index (χ0v) is 37.6. The van der Waals surface area contributed by atoms with Crippen molar-refractivity contribution in [2.45, 2.75) is 122 Å². The summed E-state index contributed by atoms with van der Waals surface area (Å²) in [4.78, 5) is 36.8. The minimum Gasteiger partial charge on any atom is -0.392 e. The van der Waals surface area contributed by atoms with Crippen LogP contribution in [0.5, 0.6) is 0 Å². The van der Waals surface area contributed by atoms with E-state index in [9.17, 15) is 28.4 Å². The van der Waals surface area contributed by atoms with Gasteiger partial charge in [-0.25, -0.2) is 18.6 Å². The van der Waals surface area contributed by atoms with Gasteiger partial charge in [0.1, 0.15) is 16.8 Å². The lowest BCUT2D eigenvalue weighted by atomic mass is 9.97. The summed E-state index contributed by atoms with van der Waals surface area (Å²) < 4.78 is 27.5. The van der Waals surface area contributed by atoms with Gasteiger partial charge in [-0.15, -0.1) is 0 Å². The van der Waals surface area contributed by atoms with Gasteiger partial charge in [0, 0.05) is 56.4 Å². The summed E-state index contributed by atoms with van der Waals surface area (Å²) in [6.07, 6.45) is 36.4. The minimum atomic E-state index is -1.39. The van der Waals surface area contributed by atoms with Crippen molar-refractivity contribution in [2.75, 3.05) is 30.7 Å². The molecule has 12 heteroatoms. The van der Waals surface area contributed by atoms with E-state index in [1.807, 2.05) is 18.7 Å². The molecule has 1 aromatic heterocycles. The Bertz CT molecular complexity index is 1880. The molecule has 1 aliphatic heterocycles. The molecule has 61 heavy (non-hydrogen) atoms. The summed E-state index contributed by atoms with van der Waals surface area (Å²) in [5, 5.41) is 24.6. The number of hydrogen-bond acceptors (Lipinski definition) is 7. The van der Waals surface area contributed by atoms with Crippen molar-refractivity contribution in [3.05, 3.63) is 120 Å². The standard InChI is InChI=1S/C49H68FN5O5S/c1-6-7-8-9-10-11-12-13-14-15-16-17-18-19-20-21-22-23-24-25-46(59)55-34-32-41(33-35-55)51-45(58)37-43(57)36-42(56)30-31-44-47(38(2)3)52-49(54(4)61(5)60)53-48(44)39-26-28-40(50)29-27-39/h7-8,10-11,13-14,16-17,19-20,22-23,26-31,38,41-43,56-57H,6,9,12,15,18,21,24-25,32-37H2,1-5H3,(H,51,58)/b8-7-,11-10-,14-13-,17-16-,20-19-,23-22-,31-30+. The predicted octanol–water partition coefficient (Wildman–Crippen LogP) is 9.24. The Hall–Kier alpha value is -4.78. The number of benzene rings is 1. The van der Waals surface area contributed by atoms with E-state index >= 15 is 0 Å². The van der Waals surface area contributed by atoms with Crippen molar-refractivity contribution in [3.8, 4) is 11.3 Å². The van der Waals surface area contributed by atoms with Crippen molar-refractivity contribution in [2.24, 2.45) is 0 Å². The third-order valence-electron chi connectivity index (χ3n) is 10.0. The van der Waals surface area contributed by atoms with E-state index in [0.717, 1.165) is 38.5 Å². The number of amides is 2. The molecule has 2 amide bonds. The van der Waals surface area contributed by atoms with Gasteiger partial charge in [-0.05, 0) is 88.0 Å². The van der Waals surface area contributed by atoms with Gasteiger partial charge < -0.3 is 20.4 Å². The number of nitrogens with zero attached hydrogens (tertiary/aromatic N) is 4. The topological polar surface area (TPSA) is 136 Å². The van der Waals surface area contributed by atoms with Gasteiger partial charge >= 0.3 is 0 Å². The number of rotatable bonds is 25. The monoisotopic (exact) mass is 857 g/mol. The van der Waals surface area contributed by atoms with Gasteiger partial charge in [0.05, 0.1) is 30.0 Å². The quantitative estimate of drug-likeness (QED) is 0.0848. The molecular weight excluding hydrogens is 790 g/mol. The molecule has 3 unspecified atom stereocenters. The second-order valence-corrected chi connectivity index (χ2v) is 16.8. The summed E-state index contributed by atoms with van der Waals surface area (Å²) in [6.45, 7) is 7.18. The van der Waals surface area contributed by atoms with Crippen LogP contribution in [-0.4, -0.2) is 85.7 Å². The van der Waals surface area contributed by atoms with E-state index in [1.165, 1.54) is 28.8 Å². The predicted molar refractivity (Wildman–Crippen MR) is 249 cm³/mol. The lowest BCUT2D eigenvalue weighted by Gasteiger charge is -2.32. The third kappa shape index (κ3) is 19.6. The lowest BCUT2D eigenvalue weighted by molar-refractivity contribution is -0.132. The first-order valence-corrected chi connectivity index (χ1v) is 23.2. The second kappa shape index (κ2) is 28.7. The van der Waals surface area contributed by atoms with Crippen LogP contribution in [-0.2, 0) is 20.6 Å². The number of carbonyl (C=O) groups is 2. The Kier molecular flexibility index (Phi) is 23.8. The number of carbonyl (C=O) groups excluding carboxylic acids is 2. The smallest absolute Gasteiger partial charge is 0.237 e. The average Bonchev–Trinajstić information content (AvgIpc) is 3.23. The summed E-state index contributed by atoms with van der Waals surface area (Å²) in [6, 6.07) is 5.76. The molecule has 0 radical (unpaired) electrons. The highest BCUT2D eigenvalue weighted by molar-refractivity contribution is 7.85. The van der Waals surface area contributed by atoms with Crippen molar-refractivity contribution >= 4 is 34.8 Å². The minimum absolute atomic E-state index is 0.0764. The summed E-state index contributed by atoms with van der Waals surface area (Å²) in [5.74, 6) is -0.433.